The van der Waals surface area contributed by atoms with Crippen LogP contribution in [-0.2, 0) is 5.54 Å². The molecule has 5 aromatic rings. The summed E-state index contributed by atoms with van der Waals surface area (Å²) in [5, 5.41) is 24.0. The Balaban J connectivity index is 1.44. The Morgan fingerprint density at radius 1 is 1.00 bits per heavy atom. The predicted molar refractivity (Wildman–Crippen MR) is 144 cm³/mol. The second-order valence-electron chi connectivity index (χ2n) is 9.88. The largest absolute Gasteiger partial charge is 0.413 e. The highest BCUT2D eigenvalue weighted by Crippen LogP contribution is 2.55. The van der Waals surface area contributed by atoms with E-state index in [0.717, 1.165) is 16.9 Å². The summed E-state index contributed by atoms with van der Waals surface area (Å²) < 4.78 is 83.1. The molecule has 3 heterocycles. The van der Waals surface area contributed by atoms with Crippen LogP contribution in [-0.4, -0.2) is 31.1 Å². The van der Waals surface area contributed by atoms with E-state index in [9.17, 15) is 31.6 Å². The zero-order valence-corrected chi connectivity index (χ0v) is 22.4. The van der Waals surface area contributed by atoms with Gasteiger partial charge in [0.05, 0.1) is 45.9 Å². The van der Waals surface area contributed by atoms with E-state index in [4.69, 9.17) is 11.6 Å². The Morgan fingerprint density at radius 3 is 2.40 bits per heavy atom. The Labute approximate surface area is 243 Å². The van der Waals surface area contributed by atoms with Gasteiger partial charge in [-0.15, -0.1) is 5.10 Å². The zero-order valence-electron chi connectivity index (χ0n) is 21.6. The van der Waals surface area contributed by atoms with Crippen LogP contribution in [0.2, 0.25) is 5.02 Å². The maximum absolute atomic E-state index is 13.9. The van der Waals surface area contributed by atoms with Gasteiger partial charge in [-0.1, -0.05) is 28.9 Å². The number of nitrogens with zero attached hydrogens (tertiary/aromatic N) is 6. The highest BCUT2D eigenvalue weighted by molar-refractivity contribution is 6.36. The molecule has 0 saturated heterocycles. The average Bonchev–Trinajstić information content (AvgIpc) is 3.66. The molecule has 8 nitrogen and oxygen atoms in total. The lowest BCUT2D eigenvalue weighted by Gasteiger charge is -2.21. The van der Waals surface area contributed by atoms with Crippen molar-refractivity contribution in [3.8, 4) is 6.07 Å². The van der Waals surface area contributed by atoms with Gasteiger partial charge in [-0.05, 0) is 42.7 Å². The van der Waals surface area contributed by atoms with Gasteiger partial charge in [-0.25, -0.2) is 18.4 Å². The molecule has 1 unspecified atom stereocenters. The van der Waals surface area contributed by atoms with E-state index in [1.807, 2.05) is 6.07 Å². The number of pyridine rings is 2. The second-order valence-corrected chi connectivity index (χ2v) is 10.3. The van der Waals surface area contributed by atoms with E-state index in [2.05, 4.69) is 30.9 Å². The number of rotatable bonds is 7. The summed E-state index contributed by atoms with van der Waals surface area (Å²) in [4.78, 5) is 7.59. The molecule has 1 aliphatic carbocycles. The fourth-order valence-corrected chi connectivity index (χ4v) is 4.99. The first kappa shape index (κ1) is 28.2. The van der Waals surface area contributed by atoms with Crippen molar-refractivity contribution in [1.29, 1.82) is 5.26 Å². The molecule has 15 heteroatoms. The number of nitrogens with one attached hydrogen (secondary N) is 2. The highest BCUT2D eigenvalue weighted by atomic mass is 35.5. The van der Waals surface area contributed by atoms with Crippen LogP contribution in [0, 0.1) is 28.9 Å². The lowest BCUT2D eigenvalue weighted by molar-refractivity contribution is -0.182. The standard InChI is InChI=1S/C28H17ClF6N8/c29-20-8-17(7-19-23(15(10-36)11-37-25(19)20)40-18-9-21(31)26(32)38-12-18)39-24(14-1-3-16(30)4-2-14)22-13-43(42-41-22)27(5-6-27)28(33,34)35/h1-4,7-9,11-13,24,39H,5-6H2,(H,37,40). The van der Waals surface area contributed by atoms with Crippen molar-refractivity contribution in [3.05, 3.63) is 100 Å². The molecule has 218 valence electrons. The van der Waals surface area contributed by atoms with Gasteiger partial charge in [0.25, 0.3) is 0 Å². The number of nitriles is 1. The van der Waals surface area contributed by atoms with E-state index in [1.54, 1.807) is 6.07 Å². The third-order valence-electron chi connectivity index (χ3n) is 7.12. The van der Waals surface area contributed by atoms with Crippen LogP contribution < -0.4 is 10.6 Å². The fraction of sp³-hybridized carbons (Fsp3) is 0.179. The van der Waals surface area contributed by atoms with Crippen molar-refractivity contribution in [3.63, 3.8) is 0 Å². The van der Waals surface area contributed by atoms with Crippen LogP contribution in [0.5, 0.6) is 0 Å². The van der Waals surface area contributed by atoms with Gasteiger partial charge >= 0.3 is 6.18 Å². The molecule has 2 aromatic carbocycles. The third-order valence-corrected chi connectivity index (χ3v) is 7.41. The summed E-state index contributed by atoms with van der Waals surface area (Å²) in [6.45, 7) is 0. The molecule has 0 spiro atoms. The molecule has 1 saturated carbocycles. The van der Waals surface area contributed by atoms with Gasteiger partial charge in [0, 0.05) is 23.3 Å². The summed E-state index contributed by atoms with van der Waals surface area (Å²) in [6, 6.07) is 10.3. The van der Waals surface area contributed by atoms with Crippen LogP contribution >= 0.6 is 11.6 Å². The summed E-state index contributed by atoms with van der Waals surface area (Å²) in [5.74, 6) is -3.03. The van der Waals surface area contributed by atoms with E-state index >= 15 is 0 Å². The molecule has 2 N–H and O–H groups in total. The molecule has 43 heavy (non-hydrogen) atoms. The van der Waals surface area contributed by atoms with Crippen molar-refractivity contribution in [2.24, 2.45) is 0 Å². The summed E-state index contributed by atoms with van der Waals surface area (Å²) in [7, 11) is 0. The zero-order chi connectivity index (χ0) is 30.5. The van der Waals surface area contributed by atoms with Crippen molar-refractivity contribution in [2.75, 3.05) is 10.6 Å². The summed E-state index contributed by atoms with van der Waals surface area (Å²) in [6.07, 6.45) is -1.30. The highest BCUT2D eigenvalue weighted by Gasteiger charge is 2.66. The van der Waals surface area contributed by atoms with Gasteiger partial charge in [-0.2, -0.15) is 22.8 Å². The van der Waals surface area contributed by atoms with E-state index in [1.165, 1.54) is 42.7 Å². The van der Waals surface area contributed by atoms with Gasteiger partial charge in [0.2, 0.25) is 5.95 Å². The minimum Gasteiger partial charge on any atom is -0.373 e. The first-order valence-electron chi connectivity index (χ1n) is 12.6. The van der Waals surface area contributed by atoms with Crippen LogP contribution in [0.1, 0.15) is 35.7 Å². The number of hydrogen-bond donors (Lipinski definition) is 2. The molecule has 6 rings (SSSR count). The van der Waals surface area contributed by atoms with Crippen LogP contribution in [0.15, 0.2) is 61.1 Å². The molecule has 1 atom stereocenters. The van der Waals surface area contributed by atoms with Gasteiger partial charge in [0.15, 0.2) is 11.4 Å². The predicted octanol–water partition coefficient (Wildman–Crippen LogP) is 7.16. The van der Waals surface area contributed by atoms with Crippen molar-refractivity contribution >= 4 is 39.6 Å². The summed E-state index contributed by atoms with van der Waals surface area (Å²) >= 11 is 6.56. The van der Waals surface area contributed by atoms with Crippen LogP contribution in [0.25, 0.3) is 10.9 Å². The Hall–Kier alpha value is -4.90. The number of benzene rings is 2. The molecule has 3 aromatic heterocycles. The molecule has 0 aliphatic heterocycles. The first-order chi connectivity index (χ1) is 20.5. The summed E-state index contributed by atoms with van der Waals surface area (Å²) in [5.41, 5.74) is -0.730. The Kier molecular flexibility index (Phi) is 6.84. The molecule has 1 fully saturated rings. The number of halogens is 7. The average molecular weight is 615 g/mol. The van der Waals surface area contributed by atoms with E-state index in [0.29, 0.717) is 16.6 Å². The monoisotopic (exact) mass is 614 g/mol. The Bertz CT molecular complexity index is 1900. The minimum atomic E-state index is -4.53. The van der Waals surface area contributed by atoms with Gasteiger partial charge in [0.1, 0.15) is 17.6 Å². The molecule has 0 amide bonds. The minimum absolute atomic E-state index is 0.0388. The van der Waals surface area contributed by atoms with Gasteiger partial charge in [-0.3, -0.25) is 4.98 Å². The number of aromatic nitrogens is 5. The number of alkyl halides is 3. The van der Waals surface area contributed by atoms with Crippen LogP contribution in [0.3, 0.4) is 0 Å². The maximum Gasteiger partial charge on any atom is 0.413 e. The van der Waals surface area contributed by atoms with Crippen molar-refractivity contribution in [1.82, 2.24) is 25.0 Å². The SMILES string of the molecule is N#Cc1cnc2c(Cl)cc(NC(c3ccc(F)cc3)c3cn(C4(C(F)(F)F)CC4)nn3)cc2c1Nc1cnc(F)c(F)c1. The normalized spacial score (nSPS) is 14.7. The first-order valence-corrected chi connectivity index (χ1v) is 13.0. The number of hydrogen-bond acceptors (Lipinski definition) is 7. The van der Waals surface area contributed by atoms with E-state index < -0.39 is 35.3 Å². The smallest absolute Gasteiger partial charge is 0.373 e. The molecule has 1 aliphatic rings. The number of anilines is 3. The lowest BCUT2D eigenvalue weighted by Crippen LogP contribution is -2.35. The van der Waals surface area contributed by atoms with Crippen molar-refractivity contribution in [2.45, 2.75) is 30.6 Å². The lowest BCUT2D eigenvalue weighted by atomic mass is 10.0. The molecule has 0 radical (unpaired) electrons. The third kappa shape index (κ3) is 5.16. The number of fused-ring (bicyclic) bond motifs is 1. The van der Waals surface area contributed by atoms with E-state index in [-0.39, 0.29) is 46.0 Å². The quantitative estimate of drug-likeness (QED) is 0.148. The Morgan fingerprint density at radius 2 is 1.74 bits per heavy atom. The van der Waals surface area contributed by atoms with Gasteiger partial charge < -0.3 is 10.6 Å². The second kappa shape index (κ2) is 10.4. The topological polar surface area (TPSA) is 104 Å². The fourth-order valence-electron chi connectivity index (χ4n) is 4.73. The molecular formula is C28H17ClF6N8. The van der Waals surface area contributed by atoms with Crippen molar-refractivity contribution < 1.29 is 26.3 Å². The molecule has 0 bridgehead atoms. The maximum atomic E-state index is 13.9. The van der Waals surface area contributed by atoms with Crippen LogP contribution in [0.4, 0.5) is 43.4 Å². The molecular weight excluding hydrogens is 598 g/mol.